The molecule has 17 heavy (non-hydrogen) atoms. The molecule has 1 rings (SSSR count). The Morgan fingerprint density at radius 3 is 2.24 bits per heavy atom. The van der Waals surface area contributed by atoms with Crippen LogP contribution in [0.25, 0.3) is 0 Å². The SMILES string of the molecule is O=C(CCl)NC(=O)[C@H]1O[C@H](O)[C@H](O)[C@@H](O)[C@@H]1O. The summed E-state index contributed by atoms with van der Waals surface area (Å²) in [6, 6.07) is 0. The number of hydrogen-bond donors (Lipinski definition) is 5. The fraction of sp³-hybridized carbons (Fsp3) is 0.750. The molecule has 1 heterocycles. The van der Waals surface area contributed by atoms with Crippen LogP contribution in [0, 0.1) is 0 Å². The van der Waals surface area contributed by atoms with Crippen molar-refractivity contribution in [3.8, 4) is 0 Å². The van der Waals surface area contributed by atoms with Crippen molar-refractivity contribution in [1.29, 1.82) is 0 Å². The van der Waals surface area contributed by atoms with Gasteiger partial charge in [0, 0.05) is 0 Å². The fourth-order valence-corrected chi connectivity index (χ4v) is 1.39. The summed E-state index contributed by atoms with van der Waals surface area (Å²) in [4.78, 5) is 22.2. The molecule has 0 aromatic carbocycles. The molecule has 0 bridgehead atoms. The number of carbonyl (C=O) groups excluding carboxylic acids is 2. The van der Waals surface area contributed by atoms with Crippen molar-refractivity contribution >= 4 is 23.4 Å². The molecule has 5 atom stereocenters. The van der Waals surface area contributed by atoms with Gasteiger partial charge in [-0.15, -0.1) is 11.6 Å². The number of rotatable bonds is 2. The first-order valence-electron chi connectivity index (χ1n) is 4.66. The van der Waals surface area contributed by atoms with Crippen molar-refractivity contribution in [2.24, 2.45) is 0 Å². The van der Waals surface area contributed by atoms with Gasteiger partial charge >= 0.3 is 0 Å². The van der Waals surface area contributed by atoms with Crippen molar-refractivity contribution in [2.45, 2.75) is 30.7 Å². The Morgan fingerprint density at radius 1 is 1.12 bits per heavy atom. The quantitative estimate of drug-likeness (QED) is 0.331. The van der Waals surface area contributed by atoms with Crippen LogP contribution in [-0.2, 0) is 14.3 Å². The third-order valence-electron chi connectivity index (χ3n) is 2.23. The summed E-state index contributed by atoms with van der Waals surface area (Å²) in [5.41, 5.74) is 0. The van der Waals surface area contributed by atoms with Crippen molar-refractivity contribution in [1.82, 2.24) is 5.32 Å². The van der Waals surface area contributed by atoms with Crippen LogP contribution in [0.3, 0.4) is 0 Å². The minimum absolute atomic E-state index is 0.470. The number of hydrogen-bond acceptors (Lipinski definition) is 7. The van der Waals surface area contributed by atoms with Gasteiger partial charge in [0.15, 0.2) is 12.4 Å². The average Bonchev–Trinajstić information content (AvgIpc) is 2.30. The van der Waals surface area contributed by atoms with E-state index in [2.05, 4.69) is 4.74 Å². The highest BCUT2D eigenvalue weighted by Crippen LogP contribution is 2.19. The smallest absolute Gasteiger partial charge is 0.258 e. The molecule has 98 valence electrons. The predicted octanol–water partition coefficient (Wildman–Crippen LogP) is -3.33. The van der Waals surface area contributed by atoms with E-state index in [1.807, 2.05) is 0 Å². The Labute approximate surface area is 101 Å². The number of alkyl halides is 1. The van der Waals surface area contributed by atoms with E-state index < -0.39 is 48.4 Å². The summed E-state index contributed by atoms with van der Waals surface area (Å²) in [5, 5.41) is 38.8. The zero-order valence-electron chi connectivity index (χ0n) is 8.49. The van der Waals surface area contributed by atoms with Gasteiger partial charge in [-0.3, -0.25) is 14.9 Å². The molecule has 2 amide bonds. The maximum atomic E-state index is 11.4. The van der Waals surface area contributed by atoms with E-state index in [0.29, 0.717) is 0 Å². The number of nitrogens with one attached hydrogen (secondary N) is 1. The minimum Gasteiger partial charge on any atom is -0.387 e. The minimum atomic E-state index is -1.84. The maximum absolute atomic E-state index is 11.4. The first kappa shape index (κ1) is 14.3. The van der Waals surface area contributed by atoms with Crippen LogP contribution in [0.4, 0.5) is 0 Å². The summed E-state index contributed by atoms with van der Waals surface area (Å²) >= 11 is 5.15. The topological polar surface area (TPSA) is 136 Å². The molecule has 5 N–H and O–H groups in total. The number of halogens is 1. The highest BCUT2D eigenvalue weighted by Gasteiger charge is 2.46. The van der Waals surface area contributed by atoms with Gasteiger partial charge in [0.05, 0.1) is 0 Å². The van der Waals surface area contributed by atoms with Gasteiger partial charge < -0.3 is 25.2 Å². The summed E-state index contributed by atoms with van der Waals surface area (Å²) in [7, 11) is 0. The van der Waals surface area contributed by atoms with Gasteiger partial charge in [-0.2, -0.15) is 0 Å². The zero-order valence-corrected chi connectivity index (χ0v) is 9.24. The Balaban J connectivity index is 2.70. The van der Waals surface area contributed by atoms with Crippen LogP contribution in [0.1, 0.15) is 0 Å². The molecular formula is C8H12ClNO7. The monoisotopic (exact) mass is 269 g/mol. The highest BCUT2D eigenvalue weighted by molar-refractivity contribution is 6.28. The zero-order chi connectivity index (χ0) is 13.2. The second-order valence-electron chi connectivity index (χ2n) is 3.47. The number of amides is 2. The second-order valence-corrected chi connectivity index (χ2v) is 3.73. The molecule has 0 aromatic rings. The molecule has 0 spiro atoms. The standard InChI is InChI=1S/C8H12ClNO7/c9-1-2(11)10-7(15)6-4(13)3(12)5(14)8(16)17-6/h3-6,8,12-14,16H,1H2,(H,10,11,15)/t3-,4-,5+,6-,8-/m0/s1. The third-order valence-corrected chi connectivity index (χ3v) is 2.47. The molecule has 1 saturated heterocycles. The Morgan fingerprint density at radius 2 is 1.71 bits per heavy atom. The molecule has 0 unspecified atom stereocenters. The summed E-state index contributed by atoms with van der Waals surface area (Å²) in [6.45, 7) is 0. The van der Waals surface area contributed by atoms with E-state index in [9.17, 15) is 19.8 Å². The predicted molar refractivity (Wildman–Crippen MR) is 52.8 cm³/mol. The number of ether oxygens (including phenoxy) is 1. The molecule has 0 aliphatic carbocycles. The van der Waals surface area contributed by atoms with Gasteiger partial charge in [-0.25, -0.2) is 0 Å². The summed E-state index contributed by atoms with van der Waals surface area (Å²) < 4.78 is 4.58. The van der Waals surface area contributed by atoms with Crippen LogP contribution in [0.2, 0.25) is 0 Å². The van der Waals surface area contributed by atoms with Crippen LogP contribution in [-0.4, -0.2) is 68.8 Å². The van der Waals surface area contributed by atoms with Crippen molar-refractivity contribution < 1.29 is 34.8 Å². The lowest BCUT2D eigenvalue weighted by Gasteiger charge is -2.37. The van der Waals surface area contributed by atoms with E-state index in [4.69, 9.17) is 21.8 Å². The normalized spacial score (nSPS) is 37.6. The van der Waals surface area contributed by atoms with Crippen molar-refractivity contribution in [3.63, 3.8) is 0 Å². The second kappa shape index (κ2) is 5.71. The largest absolute Gasteiger partial charge is 0.387 e. The van der Waals surface area contributed by atoms with E-state index >= 15 is 0 Å². The van der Waals surface area contributed by atoms with Crippen LogP contribution < -0.4 is 5.32 Å². The summed E-state index contributed by atoms with van der Waals surface area (Å²) in [6.07, 6.45) is -8.78. The lowest BCUT2D eigenvalue weighted by molar-refractivity contribution is -0.275. The van der Waals surface area contributed by atoms with Gasteiger partial charge in [0.1, 0.15) is 24.2 Å². The molecule has 0 radical (unpaired) electrons. The van der Waals surface area contributed by atoms with Crippen LogP contribution >= 0.6 is 11.6 Å². The van der Waals surface area contributed by atoms with Gasteiger partial charge in [-0.1, -0.05) is 0 Å². The summed E-state index contributed by atoms with van der Waals surface area (Å²) in [5.74, 6) is -2.35. The number of aliphatic hydroxyl groups excluding tert-OH is 4. The first-order chi connectivity index (χ1) is 7.88. The number of aliphatic hydroxyl groups is 4. The van der Waals surface area contributed by atoms with E-state index in [1.54, 1.807) is 5.32 Å². The van der Waals surface area contributed by atoms with Crippen molar-refractivity contribution in [2.75, 3.05) is 5.88 Å². The Bertz CT molecular complexity index is 312. The van der Waals surface area contributed by atoms with E-state index in [-0.39, 0.29) is 0 Å². The molecule has 1 fully saturated rings. The van der Waals surface area contributed by atoms with Gasteiger partial charge in [0.2, 0.25) is 5.91 Å². The molecular weight excluding hydrogens is 258 g/mol. The molecule has 1 aliphatic heterocycles. The number of imide groups is 1. The van der Waals surface area contributed by atoms with Crippen LogP contribution in [0.5, 0.6) is 0 Å². The van der Waals surface area contributed by atoms with E-state index in [1.165, 1.54) is 0 Å². The highest BCUT2D eigenvalue weighted by atomic mass is 35.5. The van der Waals surface area contributed by atoms with Crippen LogP contribution in [0.15, 0.2) is 0 Å². The molecule has 9 heteroatoms. The van der Waals surface area contributed by atoms with Crippen molar-refractivity contribution in [3.05, 3.63) is 0 Å². The molecule has 8 nitrogen and oxygen atoms in total. The number of carbonyl (C=O) groups is 2. The first-order valence-corrected chi connectivity index (χ1v) is 5.19. The molecule has 1 aliphatic rings. The average molecular weight is 270 g/mol. The Kier molecular flexibility index (Phi) is 4.80. The Hall–Kier alpha value is -0.770. The lowest BCUT2D eigenvalue weighted by atomic mass is 9.98. The molecule has 0 saturated carbocycles. The lowest BCUT2D eigenvalue weighted by Crippen LogP contribution is -2.61. The molecule has 0 aromatic heterocycles. The van der Waals surface area contributed by atoms with E-state index in [0.717, 1.165) is 0 Å². The van der Waals surface area contributed by atoms with Gasteiger partial charge in [0.25, 0.3) is 5.91 Å². The third kappa shape index (κ3) is 3.12. The van der Waals surface area contributed by atoms with Gasteiger partial charge in [-0.05, 0) is 0 Å². The fourth-order valence-electron chi connectivity index (χ4n) is 1.32. The maximum Gasteiger partial charge on any atom is 0.258 e.